The van der Waals surface area contributed by atoms with Crippen LogP contribution in [0.25, 0.3) is 0 Å². The van der Waals surface area contributed by atoms with Gasteiger partial charge in [-0.05, 0) is 66.6 Å². The zero-order valence-corrected chi connectivity index (χ0v) is 18.8. The Labute approximate surface area is 195 Å². The summed E-state index contributed by atoms with van der Waals surface area (Å²) in [4.78, 5) is 28.3. The Hall–Kier alpha value is -3.39. The van der Waals surface area contributed by atoms with E-state index in [0.717, 1.165) is 46.0 Å². The van der Waals surface area contributed by atoms with Crippen LogP contribution in [-0.2, 0) is 6.54 Å². The van der Waals surface area contributed by atoms with Gasteiger partial charge < -0.3 is 15.5 Å². The molecule has 0 aromatic heterocycles. The highest BCUT2D eigenvalue weighted by atomic mass is 32.2. The highest BCUT2D eigenvalue weighted by Gasteiger charge is 2.23. The molecule has 0 bridgehead atoms. The molecule has 8 heteroatoms. The first-order valence-electron chi connectivity index (χ1n) is 10.6. The van der Waals surface area contributed by atoms with Crippen LogP contribution in [0.2, 0.25) is 0 Å². The van der Waals surface area contributed by atoms with Gasteiger partial charge in [-0.2, -0.15) is 0 Å². The Bertz CT molecular complexity index is 1180. The monoisotopic (exact) mass is 467 g/mol. The van der Waals surface area contributed by atoms with Crippen LogP contribution < -0.4 is 15.5 Å². The number of nitrogens with zero attached hydrogens (tertiary/aromatic N) is 1. The lowest BCUT2D eigenvalue weighted by molar-refractivity contribution is 0.0986. The normalized spacial score (nSPS) is 13.1. The second-order valence-electron chi connectivity index (χ2n) is 7.67. The molecule has 170 valence electrons. The summed E-state index contributed by atoms with van der Waals surface area (Å²) in [5, 5.41) is 4.79. The highest BCUT2D eigenvalue weighted by molar-refractivity contribution is 7.99. The number of benzene rings is 3. The molecule has 2 N–H and O–H groups in total. The zero-order chi connectivity index (χ0) is 23.4. The minimum atomic E-state index is -0.849. The first-order chi connectivity index (χ1) is 15.9. The minimum Gasteiger partial charge on any atom is -0.334 e. The topological polar surface area (TPSA) is 61.4 Å². The summed E-state index contributed by atoms with van der Waals surface area (Å²) in [6.45, 7) is 2.65. The number of hydrogen-bond donors (Lipinski definition) is 2. The molecule has 1 aliphatic rings. The Morgan fingerprint density at radius 2 is 1.79 bits per heavy atom. The molecule has 3 amide bonds. The summed E-state index contributed by atoms with van der Waals surface area (Å²) < 4.78 is 27.4. The van der Waals surface area contributed by atoms with Gasteiger partial charge in [-0.25, -0.2) is 13.6 Å². The summed E-state index contributed by atoms with van der Waals surface area (Å²) in [5.41, 5.74) is 2.61. The van der Waals surface area contributed by atoms with Gasteiger partial charge in [-0.15, -0.1) is 11.8 Å². The molecule has 3 aromatic carbocycles. The Morgan fingerprint density at radius 3 is 2.55 bits per heavy atom. The second kappa shape index (κ2) is 10.0. The van der Waals surface area contributed by atoms with Crippen molar-refractivity contribution in [1.29, 1.82) is 0 Å². The number of amides is 3. The molecular weight excluding hydrogens is 444 g/mol. The number of nitrogens with one attached hydrogen (secondary N) is 2. The summed E-state index contributed by atoms with van der Waals surface area (Å²) in [7, 11) is 0. The van der Waals surface area contributed by atoms with E-state index >= 15 is 0 Å². The predicted octanol–water partition coefficient (Wildman–Crippen LogP) is 5.74. The first kappa shape index (κ1) is 22.8. The average molecular weight is 468 g/mol. The molecule has 0 aliphatic carbocycles. The van der Waals surface area contributed by atoms with Gasteiger partial charge in [0.15, 0.2) is 0 Å². The molecule has 0 unspecified atom stereocenters. The van der Waals surface area contributed by atoms with Crippen molar-refractivity contribution in [2.75, 3.05) is 22.5 Å². The van der Waals surface area contributed by atoms with Gasteiger partial charge in [0.05, 0.1) is 5.69 Å². The smallest absolute Gasteiger partial charge is 0.319 e. The molecular formula is C25H23F2N3O2S. The number of carbonyl (C=O) groups excluding carboxylic acids is 2. The van der Waals surface area contributed by atoms with Crippen molar-refractivity contribution in [1.82, 2.24) is 5.32 Å². The largest absolute Gasteiger partial charge is 0.334 e. The van der Waals surface area contributed by atoms with Crippen LogP contribution in [0.5, 0.6) is 0 Å². The van der Waals surface area contributed by atoms with Crippen molar-refractivity contribution >= 4 is 35.1 Å². The van der Waals surface area contributed by atoms with Gasteiger partial charge in [-0.1, -0.05) is 24.3 Å². The number of rotatable bonds is 4. The lowest BCUT2D eigenvalue weighted by Crippen LogP contribution is -2.32. The van der Waals surface area contributed by atoms with E-state index in [9.17, 15) is 18.4 Å². The van der Waals surface area contributed by atoms with Gasteiger partial charge in [-0.3, -0.25) is 4.79 Å². The molecule has 33 heavy (non-hydrogen) atoms. The average Bonchev–Trinajstić information content (AvgIpc) is 3.03. The summed E-state index contributed by atoms with van der Waals surface area (Å²) in [5.74, 6) is -0.806. The van der Waals surface area contributed by atoms with Crippen molar-refractivity contribution in [2.24, 2.45) is 0 Å². The Balaban J connectivity index is 1.44. The minimum absolute atomic E-state index is 0.0691. The number of aryl methyl sites for hydroxylation is 1. The summed E-state index contributed by atoms with van der Waals surface area (Å²) in [6, 6.07) is 15.9. The molecule has 0 atom stereocenters. The number of thioether (sulfide) groups is 1. The molecule has 5 nitrogen and oxygen atoms in total. The molecule has 3 aromatic rings. The predicted molar refractivity (Wildman–Crippen MR) is 127 cm³/mol. The van der Waals surface area contributed by atoms with Crippen LogP contribution >= 0.6 is 11.8 Å². The Morgan fingerprint density at radius 1 is 1.03 bits per heavy atom. The lowest BCUT2D eigenvalue weighted by atomic mass is 10.0. The molecule has 0 fully saturated rings. The maximum absolute atomic E-state index is 13.7. The summed E-state index contributed by atoms with van der Waals surface area (Å²) in [6.07, 6.45) is 0.907. The third kappa shape index (κ3) is 5.17. The lowest BCUT2D eigenvalue weighted by Gasteiger charge is -2.23. The van der Waals surface area contributed by atoms with E-state index in [2.05, 4.69) is 10.6 Å². The van der Waals surface area contributed by atoms with E-state index < -0.39 is 23.4 Å². The molecule has 0 radical (unpaired) electrons. The van der Waals surface area contributed by atoms with E-state index in [0.29, 0.717) is 12.1 Å². The number of para-hydroxylation sites is 2. The molecule has 0 spiro atoms. The van der Waals surface area contributed by atoms with E-state index in [1.54, 1.807) is 30.0 Å². The fourth-order valence-corrected chi connectivity index (χ4v) is 4.67. The molecule has 0 saturated carbocycles. The molecule has 1 aliphatic heterocycles. The first-order valence-corrected chi connectivity index (χ1v) is 11.5. The standard InChI is InChI=1S/C25H23F2N3O2S/c1-16-14-17(24(31)30-12-5-13-33-22-9-3-2-8-21(22)30)10-11-18(16)15-28-25(32)29-23-19(26)6-4-7-20(23)27/h2-4,6-11,14H,5,12-13,15H2,1H3,(H2,28,29,32). The van der Waals surface area contributed by atoms with Crippen LogP contribution in [0.4, 0.5) is 25.0 Å². The molecule has 4 rings (SSSR count). The van der Waals surface area contributed by atoms with Gasteiger partial charge in [0.25, 0.3) is 5.91 Å². The number of halogens is 2. The van der Waals surface area contributed by atoms with E-state index in [-0.39, 0.29) is 12.5 Å². The number of fused-ring (bicyclic) bond motifs is 1. The van der Waals surface area contributed by atoms with Gasteiger partial charge in [0.1, 0.15) is 17.3 Å². The van der Waals surface area contributed by atoms with Crippen molar-refractivity contribution in [3.63, 3.8) is 0 Å². The fraction of sp³-hybridized carbons (Fsp3) is 0.200. The van der Waals surface area contributed by atoms with Crippen molar-refractivity contribution < 1.29 is 18.4 Å². The quantitative estimate of drug-likeness (QED) is 0.515. The third-order valence-electron chi connectivity index (χ3n) is 5.42. The van der Waals surface area contributed by atoms with Crippen LogP contribution in [0.3, 0.4) is 0 Å². The number of hydrogen-bond acceptors (Lipinski definition) is 3. The summed E-state index contributed by atoms with van der Waals surface area (Å²) >= 11 is 1.76. The Kier molecular flexibility index (Phi) is 6.93. The number of urea groups is 1. The third-order valence-corrected chi connectivity index (χ3v) is 6.56. The molecule has 0 saturated heterocycles. The molecule has 1 heterocycles. The van der Waals surface area contributed by atoms with E-state index in [1.807, 2.05) is 36.1 Å². The zero-order valence-electron chi connectivity index (χ0n) is 18.0. The fourth-order valence-electron chi connectivity index (χ4n) is 3.67. The van der Waals surface area contributed by atoms with Gasteiger partial charge in [0.2, 0.25) is 0 Å². The maximum atomic E-state index is 13.7. The van der Waals surface area contributed by atoms with Crippen molar-refractivity contribution in [3.05, 3.63) is 89.0 Å². The van der Waals surface area contributed by atoms with Crippen LogP contribution in [0, 0.1) is 18.6 Å². The SMILES string of the molecule is Cc1cc(C(=O)N2CCCSc3ccccc32)ccc1CNC(=O)Nc1c(F)cccc1F. The van der Waals surface area contributed by atoms with Crippen molar-refractivity contribution in [3.8, 4) is 0 Å². The van der Waals surface area contributed by atoms with Crippen LogP contribution in [0.15, 0.2) is 65.6 Å². The van der Waals surface area contributed by atoms with Crippen LogP contribution in [0.1, 0.15) is 27.9 Å². The van der Waals surface area contributed by atoms with Gasteiger partial charge >= 0.3 is 6.03 Å². The number of anilines is 2. The highest BCUT2D eigenvalue weighted by Crippen LogP contribution is 2.34. The van der Waals surface area contributed by atoms with Gasteiger partial charge in [0, 0.05) is 23.5 Å². The van der Waals surface area contributed by atoms with E-state index in [1.165, 1.54) is 6.07 Å². The van der Waals surface area contributed by atoms with Crippen molar-refractivity contribution in [2.45, 2.75) is 24.8 Å². The maximum Gasteiger partial charge on any atom is 0.319 e. The van der Waals surface area contributed by atoms with E-state index in [4.69, 9.17) is 0 Å². The second-order valence-corrected chi connectivity index (χ2v) is 8.81. The number of carbonyl (C=O) groups is 2. The van der Waals surface area contributed by atoms with Crippen LogP contribution in [-0.4, -0.2) is 24.2 Å².